The highest BCUT2D eigenvalue weighted by Crippen LogP contribution is 2.36. The summed E-state index contributed by atoms with van der Waals surface area (Å²) in [5.41, 5.74) is 7.69. The number of imide groups is 1. The first-order valence-corrected chi connectivity index (χ1v) is 13.9. The highest BCUT2D eigenvalue weighted by atomic mass is 16.6. The molecule has 4 atom stereocenters. The first-order chi connectivity index (χ1) is 19.5. The normalized spacial score (nSPS) is 17.0. The van der Waals surface area contributed by atoms with E-state index in [9.17, 15) is 19.5 Å². The van der Waals surface area contributed by atoms with Crippen LogP contribution >= 0.6 is 0 Å². The Morgan fingerprint density at radius 3 is 2.12 bits per heavy atom. The van der Waals surface area contributed by atoms with Crippen molar-refractivity contribution in [3.05, 3.63) is 102 Å². The van der Waals surface area contributed by atoms with Crippen molar-refractivity contribution >= 4 is 17.8 Å². The van der Waals surface area contributed by atoms with Crippen molar-refractivity contribution in [1.82, 2.24) is 4.90 Å². The molecule has 3 N–H and O–H groups in total. The van der Waals surface area contributed by atoms with Crippen molar-refractivity contribution < 1.29 is 29.0 Å². The molecule has 0 bridgehead atoms. The van der Waals surface area contributed by atoms with E-state index in [-0.39, 0.29) is 19.4 Å². The van der Waals surface area contributed by atoms with Gasteiger partial charge < -0.3 is 20.3 Å². The van der Waals surface area contributed by atoms with Crippen molar-refractivity contribution in [2.45, 2.75) is 63.8 Å². The standard InChI is InChI=1S/C33H38N2O6/c1-33(2,3)41-32(39)35(30-25-16-10-11-17-29(25)40-21-28(30)37)31(38)24(18-22-12-6-4-7-13-22)20-27(36)26(34)19-23-14-8-5-9-15-23/h4-17,24,26-27,30,36H,18-21,34H2,1-3H3/t24-,26+,27+,30+/m1/s1. The summed E-state index contributed by atoms with van der Waals surface area (Å²) in [6.07, 6.45) is -1.35. The number of aliphatic hydroxyl groups excluding tert-OH is 1. The minimum atomic E-state index is -1.23. The van der Waals surface area contributed by atoms with Crippen LogP contribution in [0.3, 0.4) is 0 Å². The smallest absolute Gasteiger partial charge is 0.418 e. The number of fused-ring (bicyclic) bond motifs is 1. The van der Waals surface area contributed by atoms with Gasteiger partial charge in [0.25, 0.3) is 0 Å². The number of para-hydroxylation sites is 1. The summed E-state index contributed by atoms with van der Waals surface area (Å²) in [6.45, 7) is 4.80. The number of nitrogens with zero attached hydrogens (tertiary/aromatic N) is 1. The summed E-state index contributed by atoms with van der Waals surface area (Å²) in [6, 6.07) is 23.9. The molecule has 0 saturated carbocycles. The lowest BCUT2D eigenvalue weighted by atomic mass is 9.87. The largest absolute Gasteiger partial charge is 0.485 e. The molecule has 0 fully saturated rings. The third-order valence-electron chi connectivity index (χ3n) is 6.98. The Morgan fingerprint density at radius 2 is 1.51 bits per heavy atom. The molecule has 8 nitrogen and oxygen atoms in total. The van der Waals surface area contributed by atoms with Gasteiger partial charge in [-0.1, -0.05) is 78.9 Å². The van der Waals surface area contributed by atoms with Gasteiger partial charge in [-0.05, 0) is 57.2 Å². The Labute approximate surface area is 241 Å². The number of ketones is 1. The van der Waals surface area contributed by atoms with E-state index in [4.69, 9.17) is 15.2 Å². The molecule has 216 valence electrons. The number of amides is 2. The molecular formula is C33H38N2O6. The number of hydrogen-bond acceptors (Lipinski definition) is 7. The number of rotatable bonds is 9. The van der Waals surface area contributed by atoms with Gasteiger partial charge in [0.1, 0.15) is 24.0 Å². The highest BCUT2D eigenvalue weighted by molar-refractivity contribution is 6.01. The molecule has 1 aliphatic rings. The number of ether oxygens (including phenoxy) is 2. The zero-order valence-corrected chi connectivity index (χ0v) is 23.7. The summed E-state index contributed by atoms with van der Waals surface area (Å²) in [4.78, 5) is 42.3. The molecular weight excluding hydrogens is 520 g/mol. The molecule has 0 spiro atoms. The van der Waals surface area contributed by atoms with Gasteiger partial charge in [-0.2, -0.15) is 0 Å². The fourth-order valence-electron chi connectivity index (χ4n) is 5.01. The minimum absolute atomic E-state index is 0.0138. The van der Waals surface area contributed by atoms with Crippen LogP contribution in [0.1, 0.15) is 49.9 Å². The predicted octanol–water partition coefficient (Wildman–Crippen LogP) is 4.63. The maximum absolute atomic E-state index is 14.4. The number of benzene rings is 3. The summed E-state index contributed by atoms with van der Waals surface area (Å²) in [5.74, 6) is -1.51. The molecule has 8 heteroatoms. The third-order valence-corrected chi connectivity index (χ3v) is 6.98. The van der Waals surface area contributed by atoms with Crippen molar-refractivity contribution in [1.29, 1.82) is 0 Å². The van der Waals surface area contributed by atoms with Crippen molar-refractivity contribution in [3.63, 3.8) is 0 Å². The van der Waals surface area contributed by atoms with E-state index in [0.29, 0.717) is 17.7 Å². The van der Waals surface area contributed by atoms with E-state index in [1.807, 2.05) is 60.7 Å². The van der Waals surface area contributed by atoms with Gasteiger partial charge in [0.2, 0.25) is 5.91 Å². The van der Waals surface area contributed by atoms with Crippen LogP contribution in [0.15, 0.2) is 84.9 Å². The van der Waals surface area contributed by atoms with Gasteiger partial charge in [0.15, 0.2) is 5.78 Å². The first-order valence-electron chi connectivity index (χ1n) is 13.9. The molecule has 1 heterocycles. The SMILES string of the molecule is CC(C)(C)OC(=O)N(C(=O)[C@H](Cc1ccccc1)C[C@H](O)[C@@H](N)Cc1ccccc1)[C@@H]1C(=O)COc2ccccc21. The maximum Gasteiger partial charge on any atom is 0.418 e. The van der Waals surface area contributed by atoms with Crippen LogP contribution in [0.5, 0.6) is 5.75 Å². The molecule has 0 saturated heterocycles. The molecule has 3 aromatic rings. The van der Waals surface area contributed by atoms with E-state index in [0.717, 1.165) is 16.0 Å². The molecule has 0 radical (unpaired) electrons. The Morgan fingerprint density at radius 1 is 0.951 bits per heavy atom. The second-order valence-corrected chi connectivity index (χ2v) is 11.4. The van der Waals surface area contributed by atoms with E-state index in [1.54, 1.807) is 45.0 Å². The Balaban J connectivity index is 1.70. The molecule has 4 rings (SSSR count). The molecule has 0 aromatic heterocycles. The average Bonchev–Trinajstić information content (AvgIpc) is 2.94. The number of carbonyl (C=O) groups excluding carboxylic acids is 3. The van der Waals surface area contributed by atoms with Crippen molar-refractivity contribution in [2.24, 2.45) is 11.7 Å². The second-order valence-electron chi connectivity index (χ2n) is 11.4. The molecule has 0 aliphatic carbocycles. The van der Waals surface area contributed by atoms with Crippen LogP contribution in [0.25, 0.3) is 0 Å². The Bertz CT molecular complexity index is 1340. The zero-order valence-electron chi connectivity index (χ0n) is 23.7. The van der Waals surface area contributed by atoms with Crippen LogP contribution in [0, 0.1) is 5.92 Å². The van der Waals surface area contributed by atoms with Crippen LogP contribution < -0.4 is 10.5 Å². The van der Waals surface area contributed by atoms with Gasteiger partial charge in [0, 0.05) is 17.5 Å². The lowest BCUT2D eigenvalue weighted by Gasteiger charge is -2.36. The molecule has 3 aromatic carbocycles. The van der Waals surface area contributed by atoms with Gasteiger partial charge in [-0.25, -0.2) is 9.69 Å². The number of Topliss-reactive ketones (excluding diaryl/α,β-unsaturated/α-hetero) is 1. The summed E-state index contributed by atoms with van der Waals surface area (Å²) in [7, 11) is 0. The number of nitrogens with two attached hydrogens (primary N) is 1. The van der Waals surface area contributed by atoms with Crippen molar-refractivity contribution in [3.8, 4) is 5.75 Å². The van der Waals surface area contributed by atoms with Crippen LogP contribution in [0.4, 0.5) is 4.79 Å². The topological polar surface area (TPSA) is 119 Å². The van der Waals surface area contributed by atoms with E-state index in [2.05, 4.69) is 0 Å². The summed E-state index contributed by atoms with van der Waals surface area (Å²) >= 11 is 0. The van der Waals surface area contributed by atoms with E-state index in [1.165, 1.54) is 0 Å². The number of carbonyl (C=O) groups is 3. The minimum Gasteiger partial charge on any atom is -0.485 e. The van der Waals surface area contributed by atoms with Gasteiger partial charge in [0.05, 0.1) is 6.10 Å². The Hall–Kier alpha value is -4.01. The van der Waals surface area contributed by atoms with Gasteiger partial charge in [-0.3, -0.25) is 9.59 Å². The highest BCUT2D eigenvalue weighted by Gasteiger charge is 2.44. The number of aliphatic hydroxyl groups is 1. The maximum atomic E-state index is 14.4. The third kappa shape index (κ3) is 7.80. The second kappa shape index (κ2) is 13.1. The van der Waals surface area contributed by atoms with E-state index >= 15 is 0 Å². The fourth-order valence-corrected chi connectivity index (χ4v) is 5.01. The van der Waals surface area contributed by atoms with Gasteiger partial charge >= 0.3 is 6.09 Å². The number of hydrogen-bond donors (Lipinski definition) is 2. The quantitative estimate of drug-likeness (QED) is 0.393. The molecule has 41 heavy (non-hydrogen) atoms. The lowest BCUT2D eigenvalue weighted by Crippen LogP contribution is -2.51. The van der Waals surface area contributed by atoms with Crippen LogP contribution in [-0.2, 0) is 27.2 Å². The first kappa shape index (κ1) is 30.0. The summed E-state index contributed by atoms with van der Waals surface area (Å²) < 4.78 is 11.2. The van der Waals surface area contributed by atoms with Crippen LogP contribution in [0.2, 0.25) is 0 Å². The monoisotopic (exact) mass is 558 g/mol. The lowest BCUT2D eigenvalue weighted by molar-refractivity contribution is -0.144. The predicted molar refractivity (Wildman–Crippen MR) is 155 cm³/mol. The average molecular weight is 559 g/mol. The summed E-state index contributed by atoms with van der Waals surface area (Å²) in [5, 5.41) is 11.2. The molecule has 2 amide bonds. The van der Waals surface area contributed by atoms with E-state index < -0.39 is 47.5 Å². The zero-order chi connectivity index (χ0) is 29.6. The van der Waals surface area contributed by atoms with Crippen molar-refractivity contribution in [2.75, 3.05) is 6.61 Å². The van der Waals surface area contributed by atoms with Crippen LogP contribution in [-0.4, -0.2) is 52.1 Å². The fraction of sp³-hybridized carbons (Fsp3) is 0.364. The Kier molecular flexibility index (Phi) is 9.57. The molecule has 1 aliphatic heterocycles. The van der Waals surface area contributed by atoms with Gasteiger partial charge in [-0.15, -0.1) is 0 Å². The molecule has 0 unspecified atom stereocenters.